The van der Waals surface area contributed by atoms with Gasteiger partial charge in [0.15, 0.2) is 11.5 Å². The van der Waals surface area contributed by atoms with E-state index < -0.39 is 6.04 Å². The standard InChI is InChI=1S/C26H32N2O4/c1-2-31-22-12-6-7-13-23(22)32-21-15-18-27(19-16-21)26(30)25(20-10-4-3-5-11-20)28-17-9-8-14-24(28)29/h3-7,10-13,21,25H,2,8-9,14-19H2,1H3. The third-order valence-electron chi connectivity index (χ3n) is 6.22. The number of benzene rings is 2. The molecule has 6 nitrogen and oxygen atoms in total. The van der Waals surface area contributed by atoms with Crippen LogP contribution in [0.3, 0.4) is 0 Å². The summed E-state index contributed by atoms with van der Waals surface area (Å²) in [5.41, 5.74) is 0.886. The van der Waals surface area contributed by atoms with Crippen molar-refractivity contribution in [2.75, 3.05) is 26.2 Å². The summed E-state index contributed by atoms with van der Waals surface area (Å²) in [6.07, 6.45) is 3.90. The largest absolute Gasteiger partial charge is 0.490 e. The highest BCUT2D eigenvalue weighted by Crippen LogP contribution is 2.31. The molecule has 0 radical (unpaired) electrons. The van der Waals surface area contributed by atoms with E-state index in [1.54, 1.807) is 4.90 Å². The van der Waals surface area contributed by atoms with E-state index in [1.807, 2.05) is 66.4 Å². The second-order valence-electron chi connectivity index (χ2n) is 8.38. The van der Waals surface area contributed by atoms with Gasteiger partial charge in [-0.2, -0.15) is 0 Å². The molecule has 2 fully saturated rings. The monoisotopic (exact) mass is 436 g/mol. The lowest BCUT2D eigenvalue weighted by atomic mass is 9.98. The van der Waals surface area contributed by atoms with Gasteiger partial charge in [-0.1, -0.05) is 42.5 Å². The van der Waals surface area contributed by atoms with E-state index in [1.165, 1.54) is 0 Å². The fraction of sp³-hybridized carbons (Fsp3) is 0.462. The number of para-hydroxylation sites is 2. The number of carbonyl (C=O) groups is 2. The molecule has 0 spiro atoms. The molecule has 170 valence electrons. The molecule has 1 atom stereocenters. The number of likely N-dealkylation sites (tertiary alicyclic amines) is 2. The van der Waals surface area contributed by atoms with Crippen LogP contribution in [0.15, 0.2) is 54.6 Å². The van der Waals surface area contributed by atoms with Crippen LogP contribution < -0.4 is 9.47 Å². The summed E-state index contributed by atoms with van der Waals surface area (Å²) in [4.78, 5) is 30.0. The van der Waals surface area contributed by atoms with Crippen molar-refractivity contribution < 1.29 is 19.1 Å². The van der Waals surface area contributed by atoms with Crippen LogP contribution in [-0.2, 0) is 9.59 Å². The lowest BCUT2D eigenvalue weighted by molar-refractivity contribution is -0.149. The van der Waals surface area contributed by atoms with Gasteiger partial charge in [0.25, 0.3) is 0 Å². The predicted molar refractivity (Wildman–Crippen MR) is 123 cm³/mol. The average molecular weight is 437 g/mol. The van der Waals surface area contributed by atoms with E-state index >= 15 is 0 Å². The predicted octanol–water partition coefficient (Wildman–Crippen LogP) is 4.21. The number of hydrogen-bond acceptors (Lipinski definition) is 4. The number of rotatable bonds is 7. The van der Waals surface area contributed by atoms with Gasteiger partial charge in [0.05, 0.1) is 6.61 Å². The van der Waals surface area contributed by atoms with E-state index in [0.717, 1.165) is 42.7 Å². The summed E-state index contributed by atoms with van der Waals surface area (Å²) in [5.74, 6) is 1.59. The minimum absolute atomic E-state index is 0.0135. The highest BCUT2D eigenvalue weighted by Gasteiger charge is 2.36. The Morgan fingerprint density at radius 3 is 2.34 bits per heavy atom. The van der Waals surface area contributed by atoms with Crippen molar-refractivity contribution in [2.24, 2.45) is 0 Å². The molecule has 4 rings (SSSR count). The van der Waals surface area contributed by atoms with Gasteiger partial charge in [-0.3, -0.25) is 9.59 Å². The number of amides is 2. The molecule has 0 bridgehead atoms. The van der Waals surface area contributed by atoms with Gasteiger partial charge in [-0.25, -0.2) is 0 Å². The molecule has 0 aromatic heterocycles. The third kappa shape index (κ3) is 5.06. The Labute approximate surface area is 190 Å². The lowest BCUT2D eigenvalue weighted by Crippen LogP contribution is -2.50. The zero-order valence-corrected chi connectivity index (χ0v) is 18.7. The Bertz CT molecular complexity index is 909. The number of ether oxygens (including phenoxy) is 2. The minimum atomic E-state index is -0.542. The summed E-state index contributed by atoms with van der Waals surface area (Å²) < 4.78 is 11.9. The summed E-state index contributed by atoms with van der Waals surface area (Å²) in [5, 5.41) is 0. The molecule has 2 saturated heterocycles. The molecule has 0 N–H and O–H groups in total. The Hall–Kier alpha value is -3.02. The molecule has 2 heterocycles. The topological polar surface area (TPSA) is 59.1 Å². The molecule has 6 heteroatoms. The summed E-state index contributed by atoms with van der Waals surface area (Å²) >= 11 is 0. The second-order valence-corrected chi connectivity index (χ2v) is 8.38. The molecule has 2 amide bonds. The molecule has 0 saturated carbocycles. The van der Waals surface area contributed by atoms with Crippen molar-refractivity contribution in [1.82, 2.24) is 9.80 Å². The SMILES string of the molecule is CCOc1ccccc1OC1CCN(C(=O)C(c2ccccc2)N2CCCCC2=O)CC1. The molecule has 2 aliphatic rings. The summed E-state index contributed by atoms with van der Waals surface area (Å²) in [6.45, 7) is 4.41. The molecule has 2 aromatic carbocycles. The van der Waals surface area contributed by atoms with Crippen molar-refractivity contribution in [2.45, 2.75) is 51.2 Å². The number of hydrogen-bond donors (Lipinski definition) is 0. The van der Waals surface area contributed by atoms with Crippen LogP contribution in [0.1, 0.15) is 50.6 Å². The normalized spacial score (nSPS) is 18.3. The molecule has 2 aliphatic heterocycles. The van der Waals surface area contributed by atoms with Crippen molar-refractivity contribution >= 4 is 11.8 Å². The van der Waals surface area contributed by atoms with Crippen LogP contribution in [0.5, 0.6) is 11.5 Å². The van der Waals surface area contributed by atoms with Gasteiger partial charge in [0, 0.05) is 38.9 Å². The van der Waals surface area contributed by atoms with E-state index in [4.69, 9.17) is 9.47 Å². The third-order valence-corrected chi connectivity index (χ3v) is 6.22. The van der Waals surface area contributed by atoms with Gasteiger partial charge >= 0.3 is 0 Å². The maximum absolute atomic E-state index is 13.6. The molecular weight excluding hydrogens is 404 g/mol. The molecule has 0 aliphatic carbocycles. The Kier molecular flexibility index (Phi) is 7.30. The first-order valence-corrected chi connectivity index (χ1v) is 11.7. The quantitative estimate of drug-likeness (QED) is 0.652. The molecule has 32 heavy (non-hydrogen) atoms. The van der Waals surface area contributed by atoms with Crippen LogP contribution in [0.25, 0.3) is 0 Å². The van der Waals surface area contributed by atoms with Gasteiger partial charge in [-0.15, -0.1) is 0 Å². The fourth-order valence-electron chi connectivity index (χ4n) is 4.56. The number of piperidine rings is 2. The van der Waals surface area contributed by atoms with E-state index in [-0.39, 0.29) is 17.9 Å². The van der Waals surface area contributed by atoms with E-state index in [0.29, 0.717) is 32.7 Å². The van der Waals surface area contributed by atoms with Crippen LogP contribution in [0, 0.1) is 0 Å². The van der Waals surface area contributed by atoms with Gasteiger partial charge < -0.3 is 19.3 Å². The Morgan fingerprint density at radius 1 is 0.969 bits per heavy atom. The summed E-state index contributed by atoms with van der Waals surface area (Å²) in [7, 11) is 0. The zero-order valence-electron chi connectivity index (χ0n) is 18.7. The van der Waals surface area contributed by atoms with E-state index in [9.17, 15) is 9.59 Å². The van der Waals surface area contributed by atoms with Gasteiger partial charge in [-0.05, 0) is 37.5 Å². The number of carbonyl (C=O) groups excluding carboxylic acids is 2. The molecule has 1 unspecified atom stereocenters. The average Bonchev–Trinajstić information content (AvgIpc) is 2.83. The maximum atomic E-state index is 13.6. The van der Waals surface area contributed by atoms with Crippen LogP contribution in [0.4, 0.5) is 0 Å². The maximum Gasteiger partial charge on any atom is 0.250 e. The van der Waals surface area contributed by atoms with Crippen LogP contribution in [-0.4, -0.2) is 54.0 Å². The molecule has 2 aromatic rings. The first-order valence-electron chi connectivity index (χ1n) is 11.7. The smallest absolute Gasteiger partial charge is 0.250 e. The molecular formula is C26H32N2O4. The van der Waals surface area contributed by atoms with Crippen molar-refractivity contribution in [3.05, 3.63) is 60.2 Å². The highest BCUT2D eigenvalue weighted by atomic mass is 16.5. The second kappa shape index (κ2) is 10.5. The lowest BCUT2D eigenvalue weighted by Gasteiger charge is -2.39. The number of nitrogens with zero attached hydrogens (tertiary/aromatic N) is 2. The summed E-state index contributed by atoms with van der Waals surface area (Å²) in [6, 6.07) is 16.9. The first kappa shape index (κ1) is 22.2. The Morgan fingerprint density at radius 2 is 1.66 bits per heavy atom. The van der Waals surface area contributed by atoms with Gasteiger partial charge in [0.2, 0.25) is 11.8 Å². The van der Waals surface area contributed by atoms with Crippen molar-refractivity contribution in [3.63, 3.8) is 0 Å². The van der Waals surface area contributed by atoms with Crippen LogP contribution >= 0.6 is 0 Å². The van der Waals surface area contributed by atoms with Crippen molar-refractivity contribution in [1.29, 1.82) is 0 Å². The van der Waals surface area contributed by atoms with Crippen LogP contribution in [0.2, 0.25) is 0 Å². The zero-order chi connectivity index (χ0) is 22.3. The first-order chi connectivity index (χ1) is 15.7. The van der Waals surface area contributed by atoms with Gasteiger partial charge in [0.1, 0.15) is 12.1 Å². The minimum Gasteiger partial charge on any atom is -0.490 e. The van der Waals surface area contributed by atoms with E-state index in [2.05, 4.69) is 0 Å². The Balaban J connectivity index is 1.43. The highest BCUT2D eigenvalue weighted by molar-refractivity contribution is 5.89. The fourth-order valence-corrected chi connectivity index (χ4v) is 4.56. The van der Waals surface area contributed by atoms with Crippen molar-refractivity contribution in [3.8, 4) is 11.5 Å².